The van der Waals surface area contributed by atoms with E-state index in [0.717, 1.165) is 11.3 Å². The van der Waals surface area contributed by atoms with Gasteiger partial charge in [0.15, 0.2) is 5.65 Å². The van der Waals surface area contributed by atoms with Crippen LogP contribution in [0.25, 0.3) is 16.8 Å². The molecule has 0 spiro atoms. The fourth-order valence-corrected chi connectivity index (χ4v) is 5.15. The van der Waals surface area contributed by atoms with Crippen LogP contribution in [-0.4, -0.2) is 95.6 Å². The van der Waals surface area contributed by atoms with Gasteiger partial charge in [0.1, 0.15) is 11.6 Å². The number of fused-ring (bicyclic) bond motifs is 1. The van der Waals surface area contributed by atoms with Crippen LogP contribution in [0.4, 0.5) is 33.7 Å². The number of carbonyl (C=O) groups is 1. The lowest BCUT2D eigenvalue weighted by atomic mass is 10.00. The highest BCUT2D eigenvalue weighted by atomic mass is 19.4. The van der Waals surface area contributed by atoms with Gasteiger partial charge in [0.25, 0.3) is 0 Å². The highest BCUT2D eigenvalue weighted by Gasteiger charge is 2.37. The molecule has 0 aliphatic carbocycles. The first-order valence-corrected chi connectivity index (χ1v) is 12.8. The minimum atomic E-state index is -4.35. The Kier molecular flexibility index (Phi) is 7.38. The van der Waals surface area contributed by atoms with Crippen LogP contribution in [0.3, 0.4) is 0 Å². The predicted octanol–water partition coefficient (Wildman–Crippen LogP) is 4.09. The molecule has 2 aliphatic rings. The molecule has 2 saturated heterocycles. The summed E-state index contributed by atoms with van der Waals surface area (Å²) in [5.41, 5.74) is 3.62. The van der Waals surface area contributed by atoms with E-state index in [9.17, 15) is 18.0 Å². The highest BCUT2D eigenvalue weighted by Crippen LogP contribution is 2.34. The van der Waals surface area contributed by atoms with Gasteiger partial charge in [-0.15, -0.1) is 0 Å². The SMILES string of the molecule is Cc1nc2c(N3CCOCC3)cc(-c3cc(NC(=O)N4CCN(C)[C@@H](CC(F)(F)F)C4)c(F)cc3C)cn2n1. The first kappa shape index (κ1) is 27.1. The molecule has 2 fully saturated rings. The number of halogens is 4. The van der Waals surface area contributed by atoms with Gasteiger partial charge in [-0.2, -0.15) is 18.3 Å². The Morgan fingerprint density at radius 2 is 1.87 bits per heavy atom. The van der Waals surface area contributed by atoms with Gasteiger partial charge in [-0.1, -0.05) is 0 Å². The molecule has 1 atom stereocenters. The van der Waals surface area contributed by atoms with Crippen molar-refractivity contribution in [2.75, 3.05) is 63.2 Å². The number of anilines is 2. The van der Waals surface area contributed by atoms with E-state index in [1.54, 1.807) is 29.5 Å². The Morgan fingerprint density at radius 1 is 1.13 bits per heavy atom. The van der Waals surface area contributed by atoms with Crippen molar-refractivity contribution in [3.8, 4) is 11.1 Å². The molecule has 1 N–H and O–H groups in total. The molecule has 0 unspecified atom stereocenters. The summed E-state index contributed by atoms with van der Waals surface area (Å²) in [7, 11) is 1.61. The fourth-order valence-electron chi connectivity index (χ4n) is 5.15. The molecule has 2 amide bonds. The molecule has 1 aromatic carbocycles. The van der Waals surface area contributed by atoms with Gasteiger partial charge in [-0.25, -0.2) is 18.7 Å². The number of hydrogen-bond donors (Lipinski definition) is 1. The molecule has 0 bridgehead atoms. The number of rotatable bonds is 4. The van der Waals surface area contributed by atoms with E-state index in [-0.39, 0.29) is 25.3 Å². The van der Waals surface area contributed by atoms with Crippen LogP contribution in [0.15, 0.2) is 24.4 Å². The average Bonchev–Trinajstić information content (AvgIpc) is 3.26. The fraction of sp³-hybridized carbons (Fsp3) is 0.500. The third kappa shape index (κ3) is 5.93. The number of aryl methyl sites for hydroxylation is 2. The van der Waals surface area contributed by atoms with Crippen molar-refractivity contribution in [2.24, 2.45) is 0 Å². The van der Waals surface area contributed by atoms with E-state index in [0.29, 0.717) is 48.9 Å². The lowest BCUT2D eigenvalue weighted by Gasteiger charge is -2.39. The van der Waals surface area contributed by atoms with Crippen molar-refractivity contribution in [3.05, 3.63) is 41.6 Å². The van der Waals surface area contributed by atoms with Crippen LogP contribution < -0.4 is 10.2 Å². The van der Waals surface area contributed by atoms with Crippen LogP contribution in [0, 0.1) is 19.7 Å². The van der Waals surface area contributed by atoms with Gasteiger partial charge in [0, 0.05) is 50.5 Å². The number of amides is 2. The number of likely N-dealkylation sites (N-methyl/N-ethyl adjacent to an activating group) is 1. The van der Waals surface area contributed by atoms with Crippen molar-refractivity contribution in [3.63, 3.8) is 0 Å². The molecule has 2 aromatic heterocycles. The van der Waals surface area contributed by atoms with Crippen molar-refractivity contribution in [1.29, 1.82) is 0 Å². The number of carbonyl (C=O) groups excluding carboxylic acids is 1. The number of nitrogens with one attached hydrogen (secondary N) is 1. The van der Waals surface area contributed by atoms with E-state index in [4.69, 9.17) is 4.74 Å². The smallest absolute Gasteiger partial charge is 0.378 e. The number of nitrogens with zero attached hydrogens (tertiary/aromatic N) is 6. The molecule has 9 nitrogen and oxygen atoms in total. The Bertz CT molecular complexity index is 1370. The second-order valence-corrected chi connectivity index (χ2v) is 10.1. The number of urea groups is 1. The molecular weight excluding hydrogens is 518 g/mol. The van der Waals surface area contributed by atoms with E-state index in [1.165, 1.54) is 11.0 Å². The van der Waals surface area contributed by atoms with Gasteiger partial charge in [0.05, 0.1) is 31.0 Å². The number of hydrogen-bond acceptors (Lipinski definition) is 6. The second-order valence-electron chi connectivity index (χ2n) is 10.1. The summed E-state index contributed by atoms with van der Waals surface area (Å²) in [5.74, 6) is -0.0157. The third-order valence-electron chi connectivity index (χ3n) is 7.27. The van der Waals surface area contributed by atoms with Gasteiger partial charge >= 0.3 is 12.2 Å². The lowest BCUT2D eigenvalue weighted by Crippen LogP contribution is -2.55. The van der Waals surface area contributed by atoms with E-state index < -0.39 is 30.5 Å². The summed E-state index contributed by atoms with van der Waals surface area (Å²) < 4.78 is 61.3. The van der Waals surface area contributed by atoms with E-state index in [2.05, 4.69) is 20.3 Å². The summed E-state index contributed by atoms with van der Waals surface area (Å²) >= 11 is 0. The largest absolute Gasteiger partial charge is 0.390 e. The summed E-state index contributed by atoms with van der Waals surface area (Å²) in [4.78, 5) is 22.7. The summed E-state index contributed by atoms with van der Waals surface area (Å²) in [6.45, 7) is 6.57. The molecule has 3 aromatic rings. The molecular formula is C26H31F4N7O2. The summed E-state index contributed by atoms with van der Waals surface area (Å²) in [6, 6.07) is 3.37. The molecule has 2 aliphatic heterocycles. The number of piperazine rings is 1. The number of aromatic nitrogens is 3. The zero-order chi connectivity index (χ0) is 27.9. The number of ether oxygens (including phenoxy) is 1. The van der Waals surface area contributed by atoms with E-state index in [1.807, 2.05) is 19.2 Å². The quantitative estimate of drug-likeness (QED) is 0.494. The minimum Gasteiger partial charge on any atom is -0.378 e. The maximum atomic E-state index is 15.0. The Morgan fingerprint density at radius 3 is 2.59 bits per heavy atom. The van der Waals surface area contributed by atoms with Gasteiger partial charge in [0.2, 0.25) is 0 Å². The van der Waals surface area contributed by atoms with Gasteiger partial charge in [-0.3, -0.25) is 4.90 Å². The first-order chi connectivity index (χ1) is 18.5. The standard InChI is InChI=1S/C26H31F4N7O2/c1-16-10-21(27)22(32-25(38)36-5-4-34(3)19(15-36)13-26(28,29)30)12-20(16)18-11-23(35-6-8-39-9-7-35)24-31-17(2)33-37(24)14-18/h10-12,14,19H,4-9,13,15H2,1-3H3,(H,32,38)/t19-/m0/s1. The average molecular weight is 550 g/mol. The zero-order valence-corrected chi connectivity index (χ0v) is 22.1. The second kappa shape index (κ2) is 10.6. The van der Waals surface area contributed by atoms with Crippen LogP contribution in [0.2, 0.25) is 0 Å². The van der Waals surface area contributed by atoms with Crippen molar-refractivity contribution >= 4 is 23.1 Å². The van der Waals surface area contributed by atoms with Crippen LogP contribution in [-0.2, 0) is 4.74 Å². The molecule has 5 rings (SSSR count). The molecule has 0 saturated carbocycles. The van der Waals surface area contributed by atoms with E-state index >= 15 is 4.39 Å². The number of alkyl halides is 3. The van der Waals surface area contributed by atoms with Crippen molar-refractivity contribution in [1.82, 2.24) is 24.4 Å². The molecule has 39 heavy (non-hydrogen) atoms. The maximum Gasteiger partial charge on any atom is 0.390 e. The summed E-state index contributed by atoms with van der Waals surface area (Å²) in [5, 5.41) is 7.07. The Labute approximate surface area is 223 Å². The number of pyridine rings is 1. The van der Waals surface area contributed by atoms with Crippen LogP contribution in [0.1, 0.15) is 17.8 Å². The molecule has 4 heterocycles. The minimum absolute atomic E-state index is 0.0466. The molecule has 210 valence electrons. The Hall–Kier alpha value is -3.45. The van der Waals surface area contributed by atoms with Gasteiger partial charge in [-0.05, 0) is 50.2 Å². The third-order valence-corrected chi connectivity index (χ3v) is 7.27. The normalized spacial score (nSPS) is 19.1. The zero-order valence-electron chi connectivity index (χ0n) is 22.1. The van der Waals surface area contributed by atoms with Gasteiger partial charge < -0.3 is 19.9 Å². The lowest BCUT2D eigenvalue weighted by molar-refractivity contribution is -0.149. The summed E-state index contributed by atoms with van der Waals surface area (Å²) in [6.07, 6.45) is -3.56. The number of benzene rings is 1. The Balaban J connectivity index is 1.44. The highest BCUT2D eigenvalue weighted by molar-refractivity contribution is 5.91. The molecule has 13 heteroatoms. The molecule has 0 radical (unpaired) electrons. The van der Waals surface area contributed by atoms with Crippen molar-refractivity contribution < 1.29 is 27.1 Å². The maximum absolute atomic E-state index is 15.0. The topological polar surface area (TPSA) is 78.2 Å². The van der Waals surface area contributed by atoms with Crippen molar-refractivity contribution in [2.45, 2.75) is 32.5 Å². The monoisotopic (exact) mass is 549 g/mol. The van der Waals surface area contributed by atoms with Crippen LogP contribution >= 0.6 is 0 Å². The number of morpholine rings is 1. The predicted molar refractivity (Wildman–Crippen MR) is 139 cm³/mol. The first-order valence-electron chi connectivity index (χ1n) is 12.8. The van der Waals surface area contributed by atoms with Crippen LogP contribution in [0.5, 0.6) is 0 Å².